The standard InChI is InChI=1S/C24H28N4O4/c1-16-8-9-17-18(14-16)25-23(24(30)32-3)22(17)26-21(29)15-27-10-12-28(13-11-27)19-6-4-5-7-20(19)31-2/h4-9,14,25H,10-13,15H2,1-3H3,(H,26,29)/p+1. The van der Waals surface area contributed by atoms with Gasteiger partial charge in [0.25, 0.3) is 5.91 Å². The quantitative estimate of drug-likeness (QED) is 0.510. The summed E-state index contributed by atoms with van der Waals surface area (Å²) in [6, 6.07) is 13.8. The molecule has 168 valence electrons. The van der Waals surface area contributed by atoms with Crippen LogP contribution in [0.15, 0.2) is 42.5 Å². The zero-order valence-electron chi connectivity index (χ0n) is 18.7. The monoisotopic (exact) mass is 437 g/mol. The van der Waals surface area contributed by atoms with E-state index in [9.17, 15) is 9.59 Å². The second kappa shape index (κ2) is 9.32. The number of amides is 1. The summed E-state index contributed by atoms with van der Waals surface area (Å²) >= 11 is 0. The van der Waals surface area contributed by atoms with E-state index in [2.05, 4.69) is 21.3 Å². The van der Waals surface area contributed by atoms with Crippen LogP contribution in [-0.4, -0.2) is 63.8 Å². The van der Waals surface area contributed by atoms with Crippen LogP contribution in [0.3, 0.4) is 0 Å². The summed E-state index contributed by atoms with van der Waals surface area (Å²) in [5, 5.41) is 3.74. The first kappa shape index (κ1) is 21.7. The van der Waals surface area contributed by atoms with E-state index < -0.39 is 5.97 Å². The summed E-state index contributed by atoms with van der Waals surface area (Å²) in [4.78, 5) is 31.7. The maximum absolute atomic E-state index is 12.9. The molecule has 1 aliphatic rings. The number of methoxy groups -OCH3 is 2. The van der Waals surface area contributed by atoms with Crippen LogP contribution in [0.25, 0.3) is 10.9 Å². The number of hydrogen-bond acceptors (Lipinski definition) is 5. The summed E-state index contributed by atoms with van der Waals surface area (Å²) in [7, 11) is 3.01. The molecule has 0 aliphatic carbocycles. The predicted molar refractivity (Wildman–Crippen MR) is 124 cm³/mol. The number of anilines is 2. The number of aromatic nitrogens is 1. The van der Waals surface area contributed by atoms with Crippen molar-refractivity contribution in [2.45, 2.75) is 6.92 Å². The van der Waals surface area contributed by atoms with Crippen LogP contribution in [0.2, 0.25) is 0 Å². The molecule has 4 rings (SSSR count). The number of rotatable bonds is 6. The molecule has 3 N–H and O–H groups in total. The molecule has 1 fully saturated rings. The molecule has 8 nitrogen and oxygen atoms in total. The number of aryl methyl sites for hydroxylation is 1. The molecule has 0 bridgehead atoms. The molecule has 2 aromatic carbocycles. The minimum absolute atomic E-state index is 0.127. The van der Waals surface area contributed by atoms with Gasteiger partial charge in [0.15, 0.2) is 6.54 Å². The first-order valence-electron chi connectivity index (χ1n) is 10.7. The van der Waals surface area contributed by atoms with Gasteiger partial charge in [0.1, 0.15) is 11.4 Å². The fraction of sp³-hybridized carbons (Fsp3) is 0.333. The lowest BCUT2D eigenvalue weighted by Crippen LogP contribution is -3.15. The van der Waals surface area contributed by atoms with Crippen LogP contribution in [0.4, 0.5) is 11.4 Å². The number of H-pyrrole nitrogens is 1. The van der Waals surface area contributed by atoms with E-state index in [0.29, 0.717) is 12.2 Å². The van der Waals surface area contributed by atoms with E-state index in [1.54, 1.807) is 7.11 Å². The Balaban J connectivity index is 1.43. The summed E-state index contributed by atoms with van der Waals surface area (Å²) in [5.74, 6) is 0.225. The number of benzene rings is 2. The topological polar surface area (TPSA) is 88.1 Å². The summed E-state index contributed by atoms with van der Waals surface area (Å²) in [5.41, 5.74) is 3.67. The van der Waals surface area contributed by atoms with Crippen LogP contribution in [0.5, 0.6) is 5.75 Å². The molecule has 32 heavy (non-hydrogen) atoms. The van der Waals surface area contributed by atoms with Crippen molar-refractivity contribution in [1.82, 2.24) is 4.98 Å². The van der Waals surface area contributed by atoms with Crippen molar-refractivity contribution in [3.8, 4) is 5.75 Å². The Bertz CT molecular complexity index is 1130. The fourth-order valence-electron chi connectivity index (χ4n) is 4.24. The van der Waals surface area contributed by atoms with Gasteiger partial charge in [-0.3, -0.25) is 4.79 Å². The van der Waals surface area contributed by atoms with Gasteiger partial charge in [-0.2, -0.15) is 0 Å². The number of piperazine rings is 1. The zero-order chi connectivity index (χ0) is 22.7. The zero-order valence-corrected chi connectivity index (χ0v) is 18.7. The highest BCUT2D eigenvalue weighted by Crippen LogP contribution is 2.29. The average molecular weight is 438 g/mol. The van der Waals surface area contributed by atoms with Gasteiger partial charge in [0.2, 0.25) is 0 Å². The van der Waals surface area contributed by atoms with E-state index in [0.717, 1.165) is 54.1 Å². The minimum atomic E-state index is -0.507. The van der Waals surface area contributed by atoms with E-state index >= 15 is 0 Å². The third-order valence-electron chi connectivity index (χ3n) is 5.91. The Hall–Kier alpha value is -3.52. The number of carbonyl (C=O) groups excluding carboxylic acids is 2. The first-order chi connectivity index (χ1) is 15.5. The molecule has 1 saturated heterocycles. The van der Waals surface area contributed by atoms with Gasteiger partial charge in [0, 0.05) is 10.9 Å². The maximum Gasteiger partial charge on any atom is 0.356 e. The highest BCUT2D eigenvalue weighted by molar-refractivity contribution is 6.11. The van der Waals surface area contributed by atoms with Gasteiger partial charge in [0.05, 0.1) is 51.8 Å². The second-order valence-corrected chi connectivity index (χ2v) is 8.05. The molecule has 0 atom stereocenters. The molecule has 1 aliphatic heterocycles. The Morgan fingerprint density at radius 3 is 2.59 bits per heavy atom. The van der Waals surface area contributed by atoms with Crippen molar-refractivity contribution in [3.63, 3.8) is 0 Å². The van der Waals surface area contributed by atoms with Crippen molar-refractivity contribution < 1.29 is 24.0 Å². The lowest BCUT2D eigenvalue weighted by atomic mass is 10.1. The van der Waals surface area contributed by atoms with Gasteiger partial charge in [-0.05, 0) is 30.7 Å². The molecule has 2 heterocycles. The number of fused-ring (bicyclic) bond motifs is 1. The van der Waals surface area contributed by atoms with Crippen LogP contribution >= 0.6 is 0 Å². The molecule has 0 saturated carbocycles. The smallest absolute Gasteiger partial charge is 0.356 e. The molecule has 0 unspecified atom stereocenters. The van der Waals surface area contributed by atoms with Crippen molar-refractivity contribution in [1.29, 1.82) is 0 Å². The fourth-order valence-corrected chi connectivity index (χ4v) is 4.24. The van der Waals surface area contributed by atoms with Crippen LogP contribution in [-0.2, 0) is 9.53 Å². The van der Waals surface area contributed by atoms with Gasteiger partial charge < -0.3 is 29.6 Å². The van der Waals surface area contributed by atoms with Gasteiger partial charge in [-0.1, -0.05) is 24.3 Å². The van der Waals surface area contributed by atoms with E-state index in [4.69, 9.17) is 9.47 Å². The molecule has 0 spiro atoms. The normalized spacial score (nSPS) is 14.4. The first-order valence-corrected chi connectivity index (χ1v) is 10.7. The van der Waals surface area contributed by atoms with Crippen molar-refractivity contribution in [2.75, 3.05) is 57.2 Å². The minimum Gasteiger partial charge on any atom is -0.495 e. The number of nitrogens with one attached hydrogen (secondary N) is 3. The maximum atomic E-state index is 12.9. The number of esters is 1. The van der Waals surface area contributed by atoms with Gasteiger partial charge in [-0.15, -0.1) is 0 Å². The highest BCUT2D eigenvalue weighted by Gasteiger charge is 2.26. The van der Waals surface area contributed by atoms with E-state index in [1.165, 1.54) is 12.0 Å². The van der Waals surface area contributed by atoms with Crippen LogP contribution < -0.4 is 19.9 Å². The lowest BCUT2D eigenvalue weighted by molar-refractivity contribution is -0.892. The number of para-hydroxylation sites is 2. The molecule has 0 radical (unpaired) electrons. The lowest BCUT2D eigenvalue weighted by Gasteiger charge is -2.34. The number of ether oxygens (including phenoxy) is 2. The van der Waals surface area contributed by atoms with Crippen LogP contribution in [0, 0.1) is 6.92 Å². The third-order valence-corrected chi connectivity index (χ3v) is 5.91. The van der Waals surface area contributed by atoms with E-state index in [-0.39, 0.29) is 11.6 Å². The molecule has 1 aromatic heterocycles. The van der Waals surface area contributed by atoms with Crippen molar-refractivity contribution in [3.05, 3.63) is 53.7 Å². The molecule has 8 heteroatoms. The Morgan fingerprint density at radius 2 is 1.88 bits per heavy atom. The third kappa shape index (κ3) is 4.40. The number of hydrogen-bond donors (Lipinski definition) is 3. The SMILES string of the molecule is COC(=O)c1[nH]c2cc(C)ccc2c1NC(=O)C[NH+]1CCN(c2ccccc2OC)CC1. The number of nitrogens with zero attached hydrogens (tertiary/aromatic N) is 1. The Labute approximate surface area is 187 Å². The second-order valence-electron chi connectivity index (χ2n) is 8.05. The molecular formula is C24H29N4O4+. The predicted octanol–water partition coefficient (Wildman–Crippen LogP) is 1.62. The van der Waals surface area contributed by atoms with Gasteiger partial charge in [-0.25, -0.2) is 4.79 Å². The van der Waals surface area contributed by atoms with Crippen molar-refractivity contribution in [2.24, 2.45) is 0 Å². The average Bonchev–Trinajstić information content (AvgIpc) is 3.16. The summed E-state index contributed by atoms with van der Waals surface area (Å²) in [6.45, 7) is 5.65. The number of aromatic amines is 1. The van der Waals surface area contributed by atoms with E-state index in [1.807, 2.05) is 43.3 Å². The molecular weight excluding hydrogens is 408 g/mol. The largest absolute Gasteiger partial charge is 0.495 e. The van der Waals surface area contributed by atoms with Crippen LogP contribution in [0.1, 0.15) is 16.1 Å². The van der Waals surface area contributed by atoms with Crippen molar-refractivity contribution >= 4 is 34.2 Å². The summed E-state index contributed by atoms with van der Waals surface area (Å²) < 4.78 is 10.4. The summed E-state index contributed by atoms with van der Waals surface area (Å²) in [6.07, 6.45) is 0. The Morgan fingerprint density at radius 1 is 1.12 bits per heavy atom. The number of carbonyl (C=O) groups is 2. The highest BCUT2D eigenvalue weighted by atomic mass is 16.5. The molecule has 1 amide bonds. The number of quaternary nitrogens is 1. The Kier molecular flexibility index (Phi) is 6.32. The molecule has 3 aromatic rings. The van der Waals surface area contributed by atoms with Gasteiger partial charge >= 0.3 is 5.97 Å².